The molecule has 0 amide bonds. The maximum atomic E-state index is 4.53. The number of aryl methyl sites for hydroxylation is 2. The molecule has 0 aliphatic carbocycles. The van der Waals surface area contributed by atoms with E-state index in [0.29, 0.717) is 5.82 Å². The van der Waals surface area contributed by atoms with E-state index in [1.165, 1.54) is 0 Å². The van der Waals surface area contributed by atoms with Gasteiger partial charge in [0.1, 0.15) is 17.3 Å². The van der Waals surface area contributed by atoms with E-state index >= 15 is 0 Å². The summed E-state index contributed by atoms with van der Waals surface area (Å²) in [6.07, 6.45) is 3.67. The van der Waals surface area contributed by atoms with E-state index in [1.54, 1.807) is 6.20 Å². The number of hydrogen-bond acceptors (Lipinski definition) is 5. The summed E-state index contributed by atoms with van der Waals surface area (Å²) >= 11 is 0. The summed E-state index contributed by atoms with van der Waals surface area (Å²) < 4.78 is 0. The van der Waals surface area contributed by atoms with Gasteiger partial charge in [-0.3, -0.25) is 0 Å². The highest BCUT2D eigenvalue weighted by molar-refractivity contribution is 5.52. The van der Waals surface area contributed by atoms with Crippen molar-refractivity contribution >= 4 is 5.82 Å². The Balaban J connectivity index is 2.38. The lowest BCUT2D eigenvalue weighted by molar-refractivity contribution is 0.945. The van der Waals surface area contributed by atoms with Crippen LogP contribution < -0.4 is 5.32 Å². The van der Waals surface area contributed by atoms with Gasteiger partial charge in [-0.1, -0.05) is 13.8 Å². The van der Waals surface area contributed by atoms with Crippen molar-refractivity contribution in [2.24, 2.45) is 0 Å². The minimum Gasteiger partial charge on any atom is -0.370 e. The summed E-state index contributed by atoms with van der Waals surface area (Å²) in [5.74, 6) is 2.24. The first-order valence-corrected chi connectivity index (χ1v) is 6.64. The van der Waals surface area contributed by atoms with E-state index in [4.69, 9.17) is 0 Å². The average Bonchev–Trinajstić information content (AvgIpc) is 2.44. The Morgan fingerprint density at radius 3 is 2.68 bits per heavy atom. The molecular weight excluding hydrogens is 238 g/mol. The van der Waals surface area contributed by atoms with Crippen molar-refractivity contribution in [2.45, 2.75) is 33.6 Å². The van der Waals surface area contributed by atoms with Gasteiger partial charge in [-0.05, 0) is 25.8 Å². The predicted molar refractivity (Wildman–Crippen MR) is 76.0 cm³/mol. The first-order chi connectivity index (χ1) is 9.22. The monoisotopic (exact) mass is 257 g/mol. The van der Waals surface area contributed by atoms with E-state index in [9.17, 15) is 0 Å². The number of rotatable bonds is 5. The van der Waals surface area contributed by atoms with Gasteiger partial charge in [0.25, 0.3) is 0 Å². The molecular formula is C14H19N5. The van der Waals surface area contributed by atoms with Crippen LogP contribution in [0, 0.1) is 6.92 Å². The minimum atomic E-state index is 0.656. The molecule has 100 valence electrons. The van der Waals surface area contributed by atoms with Crippen LogP contribution in [-0.2, 0) is 6.42 Å². The molecule has 19 heavy (non-hydrogen) atoms. The SMILES string of the molecule is CCCNc1cc(CC)nc(-c2ccnc(C)n2)n1. The third kappa shape index (κ3) is 3.47. The van der Waals surface area contributed by atoms with Gasteiger partial charge < -0.3 is 5.32 Å². The molecule has 1 N–H and O–H groups in total. The molecule has 0 aliphatic rings. The standard InChI is InChI=1S/C14H19N5/c1-4-7-16-13-9-11(5-2)18-14(19-13)12-6-8-15-10(3)17-12/h6,8-9H,4-5,7H2,1-3H3,(H,16,18,19). The lowest BCUT2D eigenvalue weighted by Gasteiger charge is -2.08. The van der Waals surface area contributed by atoms with E-state index in [1.807, 2.05) is 19.1 Å². The fraction of sp³-hybridized carbons (Fsp3) is 0.429. The summed E-state index contributed by atoms with van der Waals surface area (Å²) in [6, 6.07) is 3.83. The molecule has 0 unspecified atom stereocenters. The Labute approximate surface area is 113 Å². The van der Waals surface area contributed by atoms with E-state index in [2.05, 4.69) is 39.1 Å². The zero-order valence-electron chi connectivity index (χ0n) is 11.6. The molecule has 0 fully saturated rings. The van der Waals surface area contributed by atoms with E-state index in [-0.39, 0.29) is 0 Å². The average molecular weight is 257 g/mol. The molecule has 5 heteroatoms. The Kier molecular flexibility index (Phi) is 4.39. The van der Waals surface area contributed by atoms with E-state index < -0.39 is 0 Å². The number of nitrogens with zero attached hydrogens (tertiary/aromatic N) is 4. The normalized spacial score (nSPS) is 10.5. The van der Waals surface area contributed by atoms with Gasteiger partial charge in [0.2, 0.25) is 0 Å². The van der Waals surface area contributed by atoms with Gasteiger partial charge in [0.15, 0.2) is 5.82 Å². The molecule has 0 spiro atoms. The fourth-order valence-electron chi connectivity index (χ4n) is 1.72. The highest BCUT2D eigenvalue weighted by Gasteiger charge is 2.07. The number of hydrogen-bond donors (Lipinski definition) is 1. The van der Waals surface area contributed by atoms with Crippen LogP contribution in [0.25, 0.3) is 11.5 Å². The van der Waals surface area contributed by atoms with Crippen LogP contribution in [0.4, 0.5) is 5.82 Å². The third-order valence-corrected chi connectivity index (χ3v) is 2.70. The van der Waals surface area contributed by atoms with E-state index in [0.717, 1.165) is 42.4 Å². The zero-order chi connectivity index (χ0) is 13.7. The van der Waals surface area contributed by atoms with Crippen molar-refractivity contribution in [1.82, 2.24) is 19.9 Å². The van der Waals surface area contributed by atoms with Crippen LogP contribution in [-0.4, -0.2) is 26.5 Å². The lowest BCUT2D eigenvalue weighted by atomic mass is 10.3. The first-order valence-electron chi connectivity index (χ1n) is 6.64. The molecule has 2 rings (SSSR count). The summed E-state index contributed by atoms with van der Waals surface area (Å²) in [5, 5.41) is 3.30. The zero-order valence-corrected chi connectivity index (χ0v) is 11.6. The molecule has 0 bridgehead atoms. The fourth-order valence-corrected chi connectivity index (χ4v) is 1.72. The number of aromatic nitrogens is 4. The Hall–Kier alpha value is -2.04. The van der Waals surface area contributed by atoms with Crippen LogP contribution >= 0.6 is 0 Å². The van der Waals surface area contributed by atoms with Crippen LogP contribution in [0.3, 0.4) is 0 Å². The predicted octanol–water partition coefficient (Wildman–Crippen LogP) is 2.63. The highest BCUT2D eigenvalue weighted by Crippen LogP contribution is 2.16. The Bertz CT molecular complexity index is 553. The van der Waals surface area contributed by atoms with Crippen molar-refractivity contribution in [1.29, 1.82) is 0 Å². The first kappa shape index (κ1) is 13.4. The van der Waals surface area contributed by atoms with Gasteiger partial charge in [0.05, 0.1) is 0 Å². The third-order valence-electron chi connectivity index (χ3n) is 2.70. The molecule has 0 saturated carbocycles. The second kappa shape index (κ2) is 6.22. The van der Waals surface area contributed by atoms with Crippen LogP contribution in [0.15, 0.2) is 18.3 Å². The Morgan fingerprint density at radius 2 is 2.00 bits per heavy atom. The largest absolute Gasteiger partial charge is 0.370 e. The second-order valence-corrected chi connectivity index (χ2v) is 4.34. The molecule has 2 aromatic heterocycles. The van der Waals surface area contributed by atoms with Crippen LogP contribution in [0.2, 0.25) is 0 Å². The summed E-state index contributed by atoms with van der Waals surface area (Å²) in [4.78, 5) is 17.5. The molecule has 0 atom stereocenters. The molecule has 0 aromatic carbocycles. The maximum absolute atomic E-state index is 4.53. The molecule has 0 aliphatic heterocycles. The van der Waals surface area contributed by atoms with Crippen molar-refractivity contribution in [2.75, 3.05) is 11.9 Å². The Morgan fingerprint density at radius 1 is 1.16 bits per heavy atom. The topological polar surface area (TPSA) is 63.6 Å². The van der Waals surface area contributed by atoms with Crippen molar-refractivity contribution < 1.29 is 0 Å². The summed E-state index contributed by atoms with van der Waals surface area (Å²) in [5.41, 5.74) is 1.78. The van der Waals surface area contributed by atoms with Crippen LogP contribution in [0.5, 0.6) is 0 Å². The van der Waals surface area contributed by atoms with Gasteiger partial charge in [-0.15, -0.1) is 0 Å². The number of anilines is 1. The molecule has 0 radical (unpaired) electrons. The second-order valence-electron chi connectivity index (χ2n) is 4.34. The lowest BCUT2D eigenvalue weighted by Crippen LogP contribution is -2.06. The van der Waals surface area contributed by atoms with Gasteiger partial charge in [-0.2, -0.15) is 0 Å². The van der Waals surface area contributed by atoms with Crippen molar-refractivity contribution in [3.05, 3.63) is 29.8 Å². The van der Waals surface area contributed by atoms with Gasteiger partial charge >= 0.3 is 0 Å². The van der Waals surface area contributed by atoms with Crippen molar-refractivity contribution in [3.63, 3.8) is 0 Å². The smallest absolute Gasteiger partial charge is 0.180 e. The molecule has 0 saturated heterocycles. The minimum absolute atomic E-state index is 0.656. The molecule has 5 nitrogen and oxygen atoms in total. The van der Waals surface area contributed by atoms with Gasteiger partial charge in [0, 0.05) is 24.5 Å². The molecule has 2 heterocycles. The molecule has 2 aromatic rings. The van der Waals surface area contributed by atoms with Gasteiger partial charge in [-0.25, -0.2) is 19.9 Å². The quantitative estimate of drug-likeness (QED) is 0.892. The summed E-state index contributed by atoms with van der Waals surface area (Å²) in [7, 11) is 0. The highest BCUT2D eigenvalue weighted by atomic mass is 15.0. The summed E-state index contributed by atoms with van der Waals surface area (Å²) in [6.45, 7) is 6.98. The van der Waals surface area contributed by atoms with Crippen molar-refractivity contribution in [3.8, 4) is 11.5 Å². The maximum Gasteiger partial charge on any atom is 0.180 e. The number of nitrogens with one attached hydrogen (secondary N) is 1. The van der Waals surface area contributed by atoms with Crippen LogP contribution in [0.1, 0.15) is 31.8 Å².